The van der Waals surface area contributed by atoms with Crippen molar-refractivity contribution in [1.29, 1.82) is 0 Å². The topological polar surface area (TPSA) is 111 Å². The summed E-state index contributed by atoms with van der Waals surface area (Å²) < 4.78 is 66.6. The maximum absolute atomic E-state index is 13.0. The summed E-state index contributed by atoms with van der Waals surface area (Å²) >= 11 is 1.32. The lowest BCUT2D eigenvalue weighted by atomic mass is 10.0. The fraction of sp³-hybridized carbons (Fsp3) is 0.190. The van der Waals surface area contributed by atoms with Gasteiger partial charge in [-0.2, -0.15) is 30.8 Å². The van der Waals surface area contributed by atoms with Crippen molar-refractivity contribution in [3.63, 3.8) is 0 Å². The SMILES string of the molecule is NC(C(=O)N1Cc2cn(S(=O)(=O)c3ccc4ncsc4c3)nc2C1)c1cccc(C(F)(F)F)c1. The number of hydrogen-bond donors (Lipinski definition) is 1. The minimum atomic E-state index is -4.55. The van der Waals surface area contributed by atoms with Crippen LogP contribution in [0.3, 0.4) is 0 Å². The van der Waals surface area contributed by atoms with Gasteiger partial charge in [-0.1, -0.05) is 12.1 Å². The van der Waals surface area contributed by atoms with Crippen molar-refractivity contribution in [2.45, 2.75) is 30.2 Å². The number of rotatable bonds is 4. The maximum Gasteiger partial charge on any atom is 0.416 e. The van der Waals surface area contributed by atoms with E-state index in [2.05, 4.69) is 10.1 Å². The Labute approximate surface area is 195 Å². The van der Waals surface area contributed by atoms with E-state index in [1.54, 1.807) is 11.6 Å². The average Bonchev–Trinajstić information content (AvgIpc) is 3.51. The van der Waals surface area contributed by atoms with Gasteiger partial charge in [-0.25, -0.2) is 4.98 Å². The fourth-order valence-corrected chi connectivity index (χ4v) is 5.74. The molecule has 0 fully saturated rings. The second kappa shape index (κ2) is 7.89. The van der Waals surface area contributed by atoms with Crippen molar-refractivity contribution in [3.8, 4) is 0 Å². The Kier molecular flexibility index (Phi) is 5.22. The van der Waals surface area contributed by atoms with Crippen LogP contribution < -0.4 is 5.73 Å². The molecule has 2 aromatic heterocycles. The van der Waals surface area contributed by atoms with Crippen molar-refractivity contribution >= 4 is 37.5 Å². The third-order valence-electron chi connectivity index (χ3n) is 5.56. The molecule has 0 aliphatic carbocycles. The van der Waals surface area contributed by atoms with Gasteiger partial charge in [-0.05, 0) is 35.9 Å². The first-order chi connectivity index (χ1) is 16.0. The summed E-state index contributed by atoms with van der Waals surface area (Å²) in [6.07, 6.45) is -3.22. The van der Waals surface area contributed by atoms with E-state index in [1.807, 2.05) is 0 Å². The van der Waals surface area contributed by atoms with Crippen molar-refractivity contribution in [2.24, 2.45) is 5.73 Å². The van der Waals surface area contributed by atoms with Gasteiger partial charge in [0.2, 0.25) is 5.91 Å². The molecule has 1 unspecified atom stereocenters. The molecule has 0 bridgehead atoms. The van der Waals surface area contributed by atoms with Crippen molar-refractivity contribution in [1.82, 2.24) is 19.1 Å². The summed E-state index contributed by atoms with van der Waals surface area (Å²) in [5.41, 5.74) is 8.33. The van der Waals surface area contributed by atoms with Crippen LogP contribution in [0.25, 0.3) is 10.2 Å². The molecule has 4 aromatic rings. The molecule has 5 rings (SSSR count). The Morgan fingerprint density at radius 2 is 1.94 bits per heavy atom. The van der Waals surface area contributed by atoms with Gasteiger partial charge >= 0.3 is 6.18 Å². The Morgan fingerprint density at radius 1 is 1.15 bits per heavy atom. The number of thiazole rings is 1. The van der Waals surface area contributed by atoms with Crippen LogP contribution in [0.5, 0.6) is 0 Å². The summed E-state index contributed by atoms with van der Waals surface area (Å²) in [6, 6.07) is 7.61. The molecule has 2 N–H and O–H groups in total. The Bertz CT molecular complexity index is 1500. The molecular weight excluding hydrogens is 491 g/mol. The lowest BCUT2D eigenvalue weighted by Crippen LogP contribution is -2.35. The standard InChI is InChI=1S/C21H16F3N5O3S2/c22-21(23,24)14-3-1-2-12(6-14)19(25)20(30)28-8-13-9-29(27-17(13)10-28)34(31,32)15-4-5-16-18(7-15)33-11-26-16/h1-7,9,11,19H,8,10,25H2. The van der Waals surface area contributed by atoms with Gasteiger partial charge in [0.05, 0.1) is 38.4 Å². The number of halogens is 3. The zero-order valence-corrected chi connectivity index (χ0v) is 18.9. The molecule has 1 amide bonds. The number of carbonyl (C=O) groups excluding carboxylic acids is 1. The predicted molar refractivity (Wildman–Crippen MR) is 117 cm³/mol. The molecular formula is C21H16F3N5O3S2. The second-order valence-corrected chi connectivity index (χ2v) is 10.4. The van der Waals surface area contributed by atoms with E-state index in [0.29, 0.717) is 16.8 Å². The normalized spacial score (nSPS) is 15.0. The van der Waals surface area contributed by atoms with Crippen molar-refractivity contribution < 1.29 is 26.4 Å². The molecule has 0 spiro atoms. The van der Waals surface area contributed by atoms with Gasteiger partial charge < -0.3 is 10.6 Å². The Morgan fingerprint density at radius 3 is 2.68 bits per heavy atom. The van der Waals surface area contributed by atoms with E-state index in [1.165, 1.54) is 46.7 Å². The molecule has 0 saturated carbocycles. The summed E-state index contributed by atoms with van der Waals surface area (Å²) in [5, 5.41) is 4.15. The van der Waals surface area contributed by atoms with Crippen LogP contribution in [0.1, 0.15) is 28.4 Å². The summed E-state index contributed by atoms with van der Waals surface area (Å²) in [4.78, 5) is 18.4. The van der Waals surface area contributed by atoms with Crippen LogP contribution in [0.2, 0.25) is 0 Å². The molecule has 8 nitrogen and oxygen atoms in total. The highest BCUT2D eigenvalue weighted by Gasteiger charge is 2.34. The van der Waals surface area contributed by atoms with Gasteiger partial charge in [0, 0.05) is 18.3 Å². The number of aromatic nitrogens is 3. The first-order valence-electron chi connectivity index (χ1n) is 9.92. The number of amides is 1. The number of carbonyl (C=O) groups is 1. The van der Waals surface area contributed by atoms with E-state index >= 15 is 0 Å². The summed E-state index contributed by atoms with van der Waals surface area (Å²) in [7, 11) is -3.95. The zero-order chi connectivity index (χ0) is 24.3. The minimum Gasteiger partial charge on any atom is -0.331 e. The minimum absolute atomic E-state index is 0.00275. The van der Waals surface area contributed by atoms with Gasteiger partial charge in [-0.3, -0.25) is 4.79 Å². The van der Waals surface area contributed by atoms with E-state index in [4.69, 9.17) is 5.73 Å². The lowest BCUT2D eigenvalue weighted by molar-refractivity contribution is -0.138. The van der Waals surface area contributed by atoms with Crippen LogP contribution in [0.15, 0.2) is 59.1 Å². The van der Waals surface area contributed by atoms with Gasteiger partial charge in [0.15, 0.2) is 0 Å². The van der Waals surface area contributed by atoms with E-state index in [-0.39, 0.29) is 23.5 Å². The average molecular weight is 508 g/mol. The second-order valence-electron chi connectivity index (χ2n) is 7.76. The number of hydrogen-bond acceptors (Lipinski definition) is 7. The van der Waals surface area contributed by atoms with Gasteiger partial charge in [0.25, 0.3) is 10.0 Å². The monoisotopic (exact) mass is 507 g/mol. The van der Waals surface area contributed by atoms with Crippen LogP contribution in [-0.4, -0.2) is 33.4 Å². The van der Waals surface area contributed by atoms with Crippen LogP contribution in [-0.2, 0) is 34.1 Å². The molecule has 1 aliphatic rings. The zero-order valence-electron chi connectivity index (χ0n) is 17.2. The van der Waals surface area contributed by atoms with Gasteiger partial charge in [-0.15, -0.1) is 11.3 Å². The van der Waals surface area contributed by atoms with Crippen LogP contribution in [0, 0.1) is 0 Å². The number of alkyl halides is 3. The predicted octanol–water partition coefficient (Wildman–Crippen LogP) is 3.29. The number of nitrogens with zero attached hydrogens (tertiary/aromatic N) is 4. The number of nitrogens with two attached hydrogens (primary N) is 1. The Balaban J connectivity index is 1.34. The number of benzene rings is 2. The molecule has 176 valence electrons. The van der Waals surface area contributed by atoms with Crippen LogP contribution in [0.4, 0.5) is 13.2 Å². The molecule has 0 saturated heterocycles. The largest absolute Gasteiger partial charge is 0.416 e. The van der Waals surface area contributed by atoms with E-state index in [9.17, 15) is 26.4 Å². The first-order valence-corrected chi connectivity index (χ1v) is 12.2. The molecule has 13 heteroatoms. The molecule has 2 aromatic carbocycles. The highest BCUT2D eigenvalue weighted by molar-refractivity contribution is 7.89. The van der Waals surface area contributed by atoms with Crippen molar-refractivity contribution in [3.05, 3.63) is 76.6 Å². The van der Waals surface area contributed by atoms with Gasteiger partial charge in [0.1, 0.15) is 6.04 Å². The number of fused-ring (bicyclic) bond motifs is 2. The first kappa shape index (κ1) is 22.5. The van der Waals surface area contributed by atoms with E-state index < -0.39 is 33.7 Å². The van der Waals surface area contributed by atoms with Crippen LogP contribution >= 0.6 is 11.3 Å². The van der Waals surface area contributed by atoms with Crippen molar-refractivity contribution in [2.75, 3.05) is 0 Å². The third kappa shape index (κ3) is 3.85. The summed E-state index contributed by atoms with van der Waals surface area (Å²) in [6.45, 7) is 0.0431. The molecule has 3 heterocycles. The van der Waals surface area contributed by atoms with E-state index in [0.717, 1.165) is 20.9 Å². The highest BCUT2D eigenvalue weighted by atomic mass is 32.2. The Hall–Kier alpha value is -3.29. The molecule has 34 heavy (non-hydrogen) atoms. The third-order valence-corrected chi connectivity index (χ3v) is 7.88. The maximum atomic E-state index is 13.0. The molecule has 0 radical (unpaired) electrons. The summed E-state index contributed by atoms with van der Waals surface area (Å²) in [5.74, 6) is -0.581. The lowest BCUT2D eigenvalue weighted by Gasteiger charge is -2.21. The smallest absolute Gasteiger partial charge is 0.331 e. The fourth-order valence-electron chi connectivity index (χ4n) is 3.76. The molecule has 1 aliphatic heterocycles. The quantitative estimate of drug-likeness (QED) is 0.454. The molecule has 1 atom stereocenters. The highest BCUT2D eigenvalue weighted by Crippen LogP contribution is 2.32.